The largest absolute Gasteiger partial charge is 0.378 e. The summed E-state index contributed by atoms with van der Waals surface area (Å²) in [5, 5.41) is 3.13. The van der Waals surface area contributed by atoms with Crippen molar-refractivity contribution >= 4 is 17.4 Å². The molecule has 1 amide bonds. The molecule has 0 radical (unpaired) electrons. The van der Waals surface area contributed by atoms with E-state index in [2.05, 4.69) is 10.3 Å². The molecule has 0 spiro atoms. The zero-order valence-corrected chi connectivity index (χ0v) is 9.90. The van der Waals surface area contributed by atoms with E-state index < -0.39 is 0 Å². The van der Waals surface area contributed by atoms with E-state index >= 15 is 0 Å². The predicted octanol–water partition coefficient (Wildman–Crippen LogP) is 0.823. The molecule has 1 aromatic heterocycles. The van der Waals surface area contributed by atoms with Crippen LogP contribution < -0.4 is 16.0 Å². The summed E-state index contributed by atoms with van der Waals surface area (Å²) in [5.41, 5.74) is 6.18. The number of carbonyl (C=O) groups is 1. The maximum Gasteiger partial charge on any atom is 0.219 e. The number of anilines is 2. The molecule has 0 bridgehead atoms. The van der Waals surface area contributed by atoms with E-state index in [-0.39, 0.29) is 11.9 Å². The van der Waals surface area contributed by atoms with E-state index in [0.717, 1.165) is 11.5 Å². The number of rotatable bonds is 5. The Bertz CT molecular complexity index is 365. The molecule has 5 heteroatoms. The highest BCUT2D eigenvalue weighted by molar-refractivity contribution is 5.74. The zero-order valence-electron chi connectivity index (χ0n) is 9.90. The van der Waals surface area contributed by atoms with Crippen molar-refractivity contribution in [2.24, 2.45) is 5.73 Å². The first-order chi connectivity index (χ1) is 7.49. The molecule has 0 fully saturated rings. The van der Waals surface area contributed by atoms with Gasteiger partial charge in [0.15, 0.2) is 0 Å². The molecule has 3 N–H and O–H groups in total. The number of hydrogen-bond acceptors (Lipinski definition) is 4. The second kappa shape index (κ2) is 5.34. The van der Waals surface area contributed by atoms with E-state index in [1.807, 2.05) is 38.1 Å². The van der Waals surface area contributed by atoms with Crippen molar-refractivity contribution in [2.75, 3.05) is 24.3 Å². The molecule has 16 heavy (non-hydrogen) atoms. The maximum absolute atomic E-state index is 10.7. The Labute approximate surface area is 95.7 Å². The lowest BCUT2D eigenvalue weighted by atomic mass is 10.2. The number of hydrogen-bond donors (Lipinski definition) is 2. The van der Waals surface area contributed by atoms with Crippen molar-refractivity contribution < 1.29 is 4.79 Å². The van der Waals surface area contributed by atoms with Crippen molar-refractivity contribution in [3.8, 4) is 0 Å². The molecular formula is C11H18N4O. The third-order valence-electron chi connectivity index (χ3n) is 2.16. The lowest BCUT2D eigenvalue weighted by Gasteiger charge is -2.16. The Hall–Kier alpha value is -1.78. The number of pyridine rings is 1. The van der Waals surface area contributed by atoms with Crippen LogP contribution in [0.25, 0.3) is 0 Å². The SMILES string of the molecule is CC(CC(N)=O)Nc1cc(N(C)C)ccn1. The molecule has 0 saturated heterocycles. The van der Waals surface area contributed by atoms with Crippen LogP contribution in [0.1, 0.15) is 13.3 Å². The van der Waals surface area contributed by atoms with Crippen molar-refractivity contribution in [1.29, 1.82) is 0 Å². The van der Waals surface area contributed by atoms with Crippen LogP contribution in [-0.4, -0.2) is 31.0 Å². The number of nitrogens with zero attached hydrogens (tertiary/aromatic N) is 2. The van der Waals surface area contributed by atoms with Gasteiger partial charge >= 0.3 is 0 Å². The van der Waals surface area contributed by atoms with Crippen molar-refractivity contribution in [3.63, 3.8) is 0 Å². The quantitative estimate of drug-likeness (QED) is 0.774. The predicted molar refractivity (Wildman–Crippen MR) is 65.5 cm³/mol. The highest BCUT2D eigenvalue weighted by Gasteiger charge is 2.07. The minimum absolute atomic E-state index is 0.0117. The highest BCUT2D eigenvalue weighted by Crippen LogP contribution is 2.15. The Morgan fingerprint density at radius 1 is 1.62 bits per heavy atom. The minimum atomic E-state index is -0.316. The Kier molecular flexibility index (Phi) is 4.10. The van der Waals surface area contributed by atoms with E-state index in [4.69, 9.17) is 5.73 Å². The second-order valence-corrected chi connectivity index (χ2v) is 4.01. The molecule has 88 valence electrons. The molecule has 0 aliphatic rings. The third kappa shape index (κ3) is 3.76. The Morgan fingerprint density at radius 2 is 2.31 bits per heavy atom. The topological polar surface area (TPSA) is 71.2 Å². The molecule has 1 atom stereocenters. The molecule has 0 aromatic carbocycles. The van der Waals surface area contributed by atoms with Gasteiger partial charge in [-0.3, -0.25) is 4.79 Å². The molecule has 1 heterocycles. The summed E-state index contributed by atoms with van der Waals surface area (Å²) < 4.78 is 0. The lowest BCUT2D eigenvalue weighted by Crippen LogP contribution is -2.24. The number of amides is 1. The van der Waals surface area contributed by atoms with Gasteiger partial charge in [0, 0.05) is 44.5 Å². The van der Waals surface area contributed by atoms with E-state index in [9.17, 15) is 4.79 Å². The first kappa shape index (κ1) is 12.3. The normalized spacial score (nSPS) is 11.9. The number of carbonyl (C=O) groups excluding carboxylic acids is 1. The molecule has 1 aromatic rings. The summed E-state index contributed by atoms with van der Waals surface area (Å²) in [4.78, 5) is 16.9. The van der Waals surface area contributed by atoms with Gasteiger partial charge in [-0.2, -0.15) is 0 Å². The molecule has 0 aliphatic heterocycles. The van der Waals surface area contributed by atoms with Crippen LogP contribution in [0.5, 0.6) is 0 Å². The monoisotopic (exact) mass is 222 g/mol. The summed E-state index contributed by atoms with van der Waals surface area (Å²) in [5.74, 6) is 0.434. The van der Waals surface area contributed by atoms with Crippen molar-refractivity contribution in [1.82, 2.24) is 4.98 Å². The van der Waals surface area contributed by atoms with E-state index in [0.29, 0.717) is 6.42 Å². The summed E-state index contributed by atoms with van der Waals surface area (Å²) in [6.45, 7) is 1.90. The summed E-state index contributed by atoms with van der Waals surface area (Å²) in [7, 11) is 3.93. The van der Waals surface area contributed by atoms with Crippen molar-refractivity contribution in [2.45, 2.75) is 19.4 Å². The van der Waals surface area contributed by atoms with E-state index in [1.54, 1.807) is 6.20 Å². The molecule has 1 unspecified atom stereocenters. The minimum Gasteiger partial charge on any atom is -0.378 e. The van der Waals surface area contributed by atoms with Gasteiger partial charge in [0.1, 0.15) is 5.82 Å². The number of aromatic nitrogens is 1. The molecular weight excluding hydrogens is 204 g/mol. The van der Waals surface area contributed by atoms with Gasteiger partial charge in [-0.25, -0.2) is 4.98 Å². The van der Waals surface area contributed by atoms with Crippen LogP contribution in [0.2, 0.25) is 0 Å². The van der Waals surface area contributed by atoms with Gasteiger partial charge in [0.25, 0.3) is 0 Å². The van der Waals surface area contributed by atoms with Gasteiger partial charge in [0.05, 0.1) is 0 Å². The van der Waals surface area contributed by atoms with E-state index in [1.165, 1.54) is 0 Å². The average Bonchev–Trinajstić information content (AvgIpc) is 2.16. The second-order valence-electron chi connectivity index (χ2n) is 4.01. The summed E-state index contributed by atoms with van der Waals surface area (Å²) in [6, 6.07) is 3.84. The van der Waals surface area contributed by atoms with Crippen molar-refractivity contribution in [3.05, 3.63) is 18.3 Å². The van der Waals surface area contributed by atoms with Crippen LogP contribution in [-0.2, 0) is 4.79 Å². The van der Waals surface area contributed by atoms with Gasteiger partial charge < -0.3 is 16.0 Å². The fourth-order valence-electron chi connectivity index (χ4n) is 1.38. The van der Waals surface area contributed by atoms with Crippen LogP contribution >= 0.6 is 0 Å². The molecule has 0 saturated carbocycles. The first-order valence-corrected chi connectivity index (χ1v) is 5.17. The van der Waals surface area contributed by atoms with Gasteiger partial charge in [-0.1, -0.05) is 0 Å². The summed E-state index contributed by atoms with van der Waals surface area (Å²) in [6.07, 6.45) is 2.03. The number of nitrogens with two attached hydrogens (primary N) is 1. The first-order valence-electron chi connectivity index (χ1n) is 5.17. The van der Waals surface area contributed by atoms with Crippen LogP contribution in [0, 0.1) is 0 Å². The maximum atomic E-state index is 10.7. The van der Waals surface area contributed by atoms with Gasteiger partial charge in [-0.05, 0) is 13.0 Å². The standard InChI is InChI=1S/C11H18N4O/c1-8(6-10(12)16)14-11-7-9(15(2)3)4-5-13-11/h4-5,7-8H,6H2,1-3H3,(H2,12,16)(H,13,14). The number of primary amides is 1. The third-order valence-corrected chi connectivity index (χ3v) is 2.16. The molecule has 1 rings (SSSR count). The van der Waals surface area contributed by atoms with Gasteiger partial charge in [0.2, 0.25) is 5.91 Å². The smallest absolute Gasteiger partial charge is 0.219 e. The summed E-state index contributed by atoms with van der Waals surface area (Å²) >= 11 is 0. The van der Waals surface area contributed by atoms with Crippen LogP contribution in [0.3, 0.4) is 0 Å². The Morgan fingerprint density at radius 3 is 2.88 bits per heavy atom. The molecule has 5 nitrogen and oxygen atoms in total. The Balaban J connectivity index is 2.66. The number of nitrogens with one attached hydrogen (secondary N) is 1. The highest BCUT2D eigenvalue weighted by atomic mass is 16.1. The fourth-order valence-corrected chi connectivity index (χ4v) is 1.38. The zero-order chi connectivity index (χ0) is 12.1. The average molecular weight is 222 g/mol. The molecule has 0 aliphatic carbocycles. The van der Waals surface area contributed by atoms with Crippen LogP contribution in [0.15, 0.2) is 18.3 Å². The van der Waals surface area contributed by atoms with Crippen LogP contribution in [0.4, 0.5) is 11.5 Å². The fraction of sp³-hybridized carbons (Fsp3) is 0.455. The van der Waals surface area contributed by atoms with Gasteiger partial charge in [-0.15, -0.1) is 0 Å². The lowest BCUT2D eigenvalue weighted by molar-refractivity contribution is -0.118.